The Kier molecular flexibility index (Phi) is 5.09. The lowest BCUT2D eigenvalue weighted by atomic mass is 10.1. The van der Waals surface area contributed by atoms with Crippen molar-refractivity contribution in [2.75, 3.05) is 20.1 Å². The van der Waals surface area contributed by atoms with Gasteiger partial charge in [0.25, 0.3) is 0 Å². The number of nitrogens with zero attached hydrogens (tertiary/aromatic N) is 1. The molecule has 3 nitrogen and oxygen atoms in total. The lowest BCUT2D eigenvalue weighted by Crippen LogP contribution is -2.35. The topological polar surface area (TPSA) is 32.3 Å². The first-order valence-corrected chi connectivity index (χ1v) is 6.10. The van der Waals surface area contributed by atoms with Crippen LogP contribution < -0.4 is 5.32 Å². The minimum Gasteiger partial charge on any atom is -0.345 e. The minimum atomic E-state index is 0.287. The van der Waals surface area contributed by atoms with Gasteiger partial charge in [-0.25, -0.2) is 0 Å². The molecule has 0 radical (unpaired) electrons. The van der Waals surface area contributed by atoms with Crippen molar-refractivity contribution in [1.29, 1.82) is 0 Å². The van der Waals surface area contributed by atoms with Crippen LogP contribution in [0.4, 0.5) is 0 Å². The Morgan fingerprint density at radius 3 is 2.87 bits per heavy atom. The SMILES string of the molecule is CCC(C)CN(C)C(=O)CC1CCCN1. The predicted octanol–water partition coefficient (Wildman–Crippen LogP) is 1.63. The van der Waals surface area contributed by atoms with Gasteiger partial charge in [0.1, 0.15) is 0 Å². The van der Waals surface area contributed by atoms with Crippen LogP contribution in [0.5, 0.6) is 0 Å². The lowest BCUT2D eigenvalue weighted by Gasteiger charge is -2.22. The highest BCUT2D eigenvalue weighted by Gasteiger charge is 2.20. The zero-order chi connectivity index (χ0) is 11.3. The highest BCUT2D eigenvalue weighted by Crippen LogP contribution is 2.11. The van der Waals surface area contributed by atoms with Crippen LogP contribution in [0.15, 0.2) is 0 Å². The Morgan fingerprint density at radius 2 is 2.33 bits per heavy atom. The molecule has 1 amide bonds. The normalized spacial score (nSPS) is 22.7. The smallest absolute Gasteiger partial charge is 0.223 e. The molecule has 1 aliphatic rings. The molecule has 2 unspecified atom stereocenters. The fourth-order valence-corrected chi connectivity index (χ4v) is 2.00. The molecule has 0 aromatic heterocycles. The highest BCUT2D eigenvalue weighted by atomic mass is 16.2. The summed E-state index contributed by atoms with van der Waals surface area (Å²) in [6.45, 7) is 6.33. The molecule has 2 atom stereocenters. The summed E-state index contributed by atoms with van der Waals surface area (Å²) in [5, 5.41) is 3.36. The molecule has 15 heavy (non-hydrogen) atoms. The van der Waals surface area contributed by atoms with Gasteiger partial charge in [0.05, 0.1) is 0 Å². The molecule has 3 heteroatoms. The molecule has 1 aliphatic heterocycles. The molecule has 1 saturated heterocycles. The van der Waals surface area contributed by atoms with E-state index in [-0.39, 0.29) is 5.91 Å². The molecular weight excluding hydrogens is 188 g/mol. The van der Waals surface area contributed by atoms with Gasteiger partial charge in [0.15, 0.2) is 0 Å². The van der Waals surface area contributed by atoms with Crippen LogP contribution in [0.3, 0.4) is 0 Å². The molecule has 0 aliphatic carbocycles. The molecule has 1 rings (SSSR count). The first kappa shape index (κ1) is 12.5. The summed E-state index contributed by atoms with van der Waals surface area (Å²) in [7, 11) is 1.92. The van der Waals surface area contributed by atoms with Crippen LogP contribution in [-0.4, -0.2) is 37.0 Å². The molecule has 0 bridgehead atoms. The van der Waals surface area contributed by atoms with Crippen molar-refractivity contribution in [3.8, 4) is 0 Å². The number of hydrogen-bond acceptors (Lipinski definition) is 2. The number of amides is 1. The second-order valence-corrected chi connectivity index (χ2v) is 4.79. The number of carbonyl (C=O) groups excluding carboxylic acids is 1. The number of carbonyl (C=O) groups is 1. The Bertz CT molecular complexity index is 200. The van der Waals surface area contributed by atoms with E-state index in [0.717, 1.165) is 25.9 Å². The van der Waals surface area contributed by atoms with Crippen molar-refractivity contribution >= 4 is 5.91 Å². The van der Waals surface area contributed by atoms with Crippen LogP contribution in [-0.2, 0) is 4.79 Å². The van der Waals surface area contributed by atoms with Crippen LogP contribution in [0, 0.1) is 5.92 Å². The van der Waals surface area contributed by atoms with Crippen molar-refractivity contribution in [3.05, 3.63) is 0 Å². The summed E-state index contributed by atoms with van der Waals surface area (Å²) in [5.74, 6) is 0.894. The summed E-state index contributed by atoms with van der Waals surface area (Å²) >= 11 is 0. The zero-order valence-corrected chi connectivity index (χ0v) is 10.3. The van der Waals surface area contributed by atoms with Gasteiger partial charge >= 0.3 is 0 Å². The summed E-state index contributed by atoms with van der Waals surface area (Å²) < 4.78 is 0. The van der Waals surface area contributed by atoms with E-state index in [2.05, 4.69) is 19.2 Å². The molecule has 1 N–H and O–H groups in total. The quantitative estimate of drug-likeness (QED) is 0.751. The van der Waals surface area contributed by atoms with Crippen molar-refractivity contribution in [1.82, 2.24) is 10.2 Å². The molecular formula is C12H24N2O. The first-order valence-electron chi connectivity index (χ1n) is 6.10. The van der Waals surface area contributed by atoms with Crippen LogP contribution in [0.1, 0.15) is 39.5 Å². The predicted molar refractivity (Wildman–Crippen MR) is 62.7 cm³/mol. The summed E-state index contributed by atoms with van der Waals surface area (Å²) in [5.41, 5.74) is 0. The van der Waals surface area contributed by atoms with E-state index in [4.69, 9.17) is 0 Å². The van der Waals surface area contributed by atoms with Crippen LogP contribution in [0.25, 0.3) is 0 Å². The van der Waals surface area contributed by atoms with E-state index in [1.165, 1.54) is 6.42 Å². The van der Waals surface area contributed by atoms with E-state index >= 15 is 0 Å². The monoisotopic (exact) mass is 212 g/mol. The third kappa shape index (κ3) is 4.20. The molecule has 0 aromatic rings. The molecule has 1 heterocycles. The second kappa shape index (κ2) is 6.11. The van der Waals surface area contributed by atoms with Gasteiger partial charge in [0.2, 0.25) is 5.91 Å². The van der Waals surface area contributed by atoms with Crippen LogP contribution >= 0.6 is 0 Å². The maximum absolute atomic E-state index is 11.8. The third-order valence-electron chi connectivity index (χ3n) is 3.29. The number of rotatable bonds is 5. The van der Waals surface area contributed by atoms with E-state index in [9.17, 15) is 4.79 Å². The molecule has 0 aromatic carbocycles. The van der Waals surface area contributed by atoms with Gasteiger partial charge in [-0.05, 0) is 25.3 Å². The Labute approximate surface area is 93.2 Å². The van der Waals surface area contributed by atoms with Gasteiger partial charge in [-0.2, -0.15) is 0 Å². The van der Waals surface area contributed by atoms with E-state index in [0.29, 0.717) is 18.4 Å². The maximum atomic E-state index is 11.8. The maximum Gasteiger partial charge on any atom is 0.223 e. The number of nitrogens with one attached hydrogen (secondary N) is 1. The standard InChI is InChI=1S/C12H24N2O/c1-4-10(2)9-14(3)12(15)8-11-6-5-7-13-11/h10-11,13H,4-9H2,1-3H3. The van der Waals surface area contributed by atoms with Crippen molar-refractivity contribution < 1.29 is 4.79 Å². The second-order valence-electron chi connectivity index (χ2n) is 4.79. The van der Waals surface area contributed by atoms with Crippen molar-refractivity contribution in [3.63, 3.8) is 0 Å². The third-order valence-corrected chi connectivity index (χ3v) is 3.29. The van der Waals surface area contributed by atoms with Gasteiger partial charge in [-0.15, -0.1) is 0 Å². The van der Waals surface area contributed by atoms with Gasteiger partial charge < -0.3 is 10.2 Å². The summed E-state index contributed by atoms with van der Waals surface area (Å²) in [6.07, 6.45) is 4.18. The van der Waals surface area contributed by atoms with Gasteiger partial charge in [-0.3, -0.25) is 4.79 Å². The molecule has 88 valence electrons. The van der Waals surface area contributed by atoms with Crippen molar-refractivity contribution in [2.24, 2.45) is 5.92 Å². The fraction of sp³-hybridized carbons (Fsp3) is 0.917. The van der Waals surface area contributed by atoms with Gasteiger partial charge in [0, 0.05) is 26.1 Å². The van der Waals surface area contributed by atoms with Crippen molar-refractivity contribution in [2.45, 2.75) is 45.6 Å². The average Bonchev–Trinajstić information content (AvgIpc) is 2.70. The Balaban J connectivity index is 2.25. The summed E-state index contributed by atoms with van der Waals surface area (Å²) in [4.78, 5) is 13.7. The van der Waals surface area contributed by atoms with E-state index in [1.807, 2.05) is 11.9 Å². The minimum absolute atomic E-state index is 0.287. The lowest BCUT2D eigenvalue weighted by molar-refractivity contribution is -0.130. The largest absolute Gasteiger partial charge is 0.345 e. The van der Waals surface area contributed by atoms with Crippen LogP contribution in [0.2, 0.25) is 0 Å². The molecule has 0 spiro atoms. The molecule has 1 fully saturated rings. The number of hydrogen-bond donors (Lipinski definition) is 1. The van der Waals surface area contributed by atoms with E-state index in [1.54, 1.807) is 0 Å². The Hall–Kier alpha value is -0.570. The Morgan fingerprint density at radius 1 is 1.60 bits per heavy atom. The zero-order valence-electron chi connectivity index (χ0n) is 10.3. The average molecular weight is 212 g/mol. The van der Waals surface area contributed by atoms with Gasteiger partial charge in [-0.1, -0.05) is 20.3 Å². The first-order chi connectivity index (χ1) is 7.13. The molecule has 0 saturated carbocycles. The van der Waals surface area contributed by atoms with E-state index < -0.39 is 0 Å². The fourth-order valence-electron chi connectivity index (χ4n) is 2.00. The summed E-state index contributed by atoms with van der Waals surface area (Å²) in [6, 6.07) is 0.428. The highest BCUT2D eigenvalue weighted by molar-refractivity contribution is 5.76.